The molecule has 1 N–H and O–H groups in total. The number of carbonyl (C=O) groups excluding carboxylic acids is 1. The topological polar surface area (TPSA) is 51.6 Å². The van der Waals surface area contributed by atoms with E-state index in [0.717, 1.165) is 16.3 Å². The Morgan fingerprint density at radius 1 is 0.719 bits per heavy atom. The molecule has 5 nitrogen and oxygen atoms in total. The molecule has 5 heteroatoms. The van der Waals surface area contributed by atoms with Crippen LogP contribution in [0.15, 0.2) is 91.0 Å². The van der Waals surface area contributed by atoms with E-state index in [0.29, 0.717) is 24.7 Å². The maximum atomic E-state index is 12.1. The summed E-state index contributed by atoms with van der Waals surface area (Å²) in [5.41, 5.74) is 3.39. The second kappa shape index (κ2) is 9.98. The minimum Gasteiger partial charge on any atom is -0.427 e. The van der Waals surface area contributed by atoms with Gasteiger partial charge in [0.05, 0.1) is 0 Å². The van der Waals surface area contributed by atoms with Gasteiger partial charge in [-0.05, 0) is 71.4 Å². The first-order chi connectivity index (χ1) is 15.6. The number of carbonyl (C=O) groups is 1. The summed E-state index contributed by atoms with van der Waals surface area (Å²) in [7, 11) is 4.05. The van der Waals surface area contributed by atoms with Crippen molar-refractivity contribution in [3.8, 4) is 11.5 Å². The Morgan fingerprint density at radius 3 is 1.94 bits per heavy atom. The van der Waals surface area contributed by atoms with Crippen LogP contribution < -0.4 is 14.4 Å². The first-order valence-corrected chi connectivity index (χ1v) is 10.4. The fraction of sp³-hybridized carbons (Fsp3) is 0.148. The van der Waals surface area contributed by atoms with Crippen molar-refractivity contribution in [3.05, 3.63) is 102 Å². The van der Waals surface area contributed by atoms with Crippen LogP contribution in [-0.4, -0.2) is 25.0 Å². The maximum Gasteiger partial charge on any atom is 0.519 e. The molecule has 4 aromatic carbocycles. The lowest BCUT2D eigenvalue weighted by Crippen LogP contribution is -2.13. The van der Waals surface area contributed by atoms with E-state index in [9.17, 15) is 4.79 Å². The van der Waals surface area contributed by atoms with Gasteiger partial charge in [-0.15, -0.1) is 0 Å². The lowest BCUT2D eigenvalue weighted by molar-refractivity contribution is -0.0684. The quantitative estimate of drug-likeness (QED) is 0.215. The molecule has 0 radical (unpaired) electrons. The van der Waals surface area contributed by atoms with Crippen molar-refractivity contribution >= 4 is 22.6 Å². The first kappa shape index (κ1) is 21.4. The fourth-order valence-corrected chi connectivity index (χ4v) is 3.32. The fourth-order valence-electron chi connectivity index (χ4n) is 3.32. The molecule has 0 atom stereocenters. The standard InChI is InChI=1S/C27H25NO4/c1-28(2)24-12-7-20(8-13-24)18-30-19-21-9-14-25(15-10-21)31-27(29)32-26-16-11-22-5-3-4-6-23(22)17-26/h3-17H,18-19H2,1-2H3/p+1. The molecule has 0 aromatic heterocycles. The second-order valence-corrected chi connectivity index (χ2v) is 7.71. The molecule has 0 fully saturated rings. The zero-order valence-electron chi connectivity index (χ0n) is 18.2. The van der Waals surface area contributed by atoms with E-state index in [2.05, 4.69) is 33.9 Å². The van der Waals surface area contributed by atoms with Crippen LogP contribution >= 0.6 is 0 Å². The number of hydrogen-bond acceptors (Lipinski definition) is 4. The molecule has 0 unspecified atom stereocenters. The van der Waals surface area contributed by atoms with E-state index >= 15 is 0 Å². The number of fused-ring (bicyclic) bond motifs is 1. The van der Waals surface area contributed by atoms with Crippen LogP contribution in [0.3, 0.4) is 0 Å². The lowest BCUT2D eigenvalue weighted by atomic mass is 10.1. The molecule has 4 aromatic rings. The number of anilines is 1. The molecular weight excluding hydrogens is 402 g/mol. The molecule has 0 spiro atoms. The predicted molar refractivity (Wildman–Crippen MR) is 127 cm³/mol. The molecular formula is C27H26NO4+. The summed E-state index contributed by atoms with van der Waals surface area (Å²) >= 11 is 0. The molecule has 0 saturated heterocycles. The van der Waals surface area contributed by atoms with E-state index in [1.54, 1.807) is 18.2 Å². The molecule has 162 valence electrons. The van der Waals surface area contributed by atoms with Gasteiger partial charge in [-0.3, -0.25) is 0 Å². The molecule has 0 aliphatic rings. The number of nitrogens with zero attached hydrogens (tertiary/aromatic N) is 1. The Hall–Kier alpha value is -3.83. The smallest absolute Gasteiger partial charge is 0.427 e. The number of ether oxygens (including phenoxy) is 3. The van der Waals surface area contributed by atoms with Crippen molar-refractivity contribution < 1.29 is 19.0 Å². The van der Waals surface area contributed by atoms with Crippen molar-refractivity contribution in [2.75, 3.05) is 19.0 Å². The summed E-state index contributed by atoms with van der Waals surface area (Å²) in [4.78, 5) is 14.2. The number of rotatable bonds is 7. The van der Waals surface area contributed by atoms with Gasteiger partial charge in [-0.2, -0.15) is 0 Å². The van der Waals surface area contributed by atoms with Crippen molar-refractivity contribution in [1.29, 1.82) is 0 Å². The maximum absolute atomic E-state index is 12.1. The molecule has 0 saturated carbocycles. The van der Waals surface area contributed by atoms with Crippen LogP contribution in [0.25, 0.3) is 10.8 Å². The largest absolute Gasteiger partial charge is 0.519 e. The van der Waals surface area contributed by atoms with Gasteiger partial charge < -0.3 is 19.1 Å². The van der Waals surface area contributed by atoms with Crippen LogP contribution in [0.5, 0.6) is 11.5 Å². The minimum absolute atomic E-state index is 0.429. The third kappa shape index (κ3) is 5.65. The van der Waals surface area contributed by atoms with Crippen molar-refractivity contribution in [1.82, 2.24) is 0 Å². The van der Waals surface area contributed by atoms with Gasteiger partial charge in [0.25, 0.3) is 0 Å². The monoisotopic (exact) mass is 428 g/mol. The zero-order valence-corrected chi connectivity index (χ0v) is 18.2. The summed E-state index contributed by atoms with van der Waals surface area (Å²) in [6, 6.07) is 29.0. The third-order valence-electron chi connectivity index (χ3n) is 5.09. The van der Waals surface area contributed by atoms with Crippen LogP contribution in [0.1, 0.15) is 11.1 Å². The Bertz CT molecular complexity index is 1180. The van der Waals surface area contributed by atoms with E-state index < -0.39 is 6.16 Å². The Balaban J connectivity index is 1.26. The Morgan fingerprint density at radius 2 is 1.28 bits per heavy atom. The first-order valence-electron chi connectivity index (χ1n) is 10.4. The molecule has 0 amide bonds. The highest BCUT2D eigenvalue weighted by Gasteiger charge is 2.09. The Kier molecular flexibility index (Phi) is 6.68. The highest BCUT2D eigenvalue weighted by Crippen LogP contribution is 2.21. The van der Waals surface area contributed by atoms with Gasteiger partial charge in [0.1, 0.15) is 11.5 Å². The highest BCUT2D eigenvalue weighted by atomic mass is 16.7. The average Bonchev–Trinajstić information content (AvgIpc) is 2.80. The SMILES string of the molecule is CN(C)c1ccc(C[OH+]Cc2ccc(OC(=O)Oc3ccc4ccccc4c3)cc2)cc1. The van der Waals surface area contributed by atoms with Gasteiger partial charge >= 0.3 is 6.16 Å². The summed E-state index contributed by atoms with van der Waals surface area (Å²) in [5, 5.41) is 2.08. The molecule has 32 heavy (non-hydrogen) atoms. The minimum atomic E-state index is -0.765. The van der Waals surface area contributed by atoms with E-state index in [4.69, 9.17) is 9.47 Å². The molecule has 0 aliphatic carbocycles. The van der Waals surface area contributed by atoms with E-state index in [1.807, 2.05) is 62.6 Å². The molecule has 0 heterocycles. The normalized spacial score (nSPS) is 10.7. The van der Waals surface area contributed by atoms with Crippen molar-refractivity contribution in [3.63, 3.8) is 0 Å². The molecule has 0 aliphatic heterocycles. The zero-order chi connectivity index (χ0) is 22.3. The van der Waals surface area contributed by atoms with Crippen LogP contribution in [0.4, 0.5) is 10.5 Å². The van der Waals surface area contributed by atoms with Gasteiger partial charge in [0.15, 0.2) is 13.2 Å². The number of aliphatic hydroxyl groups is 2. The van der Waals surface area contributed by atoms with E-state index in [1.165, 1.54) is 11.3 Å². The van der Waals surface area contributed by atoms with Gasteiger partial charge in [0.2, 0.25) is 0 Å². The van der Waals surface area contributed by atoms with Gasteiger partial charge in [-0.25, -0.2) is 4.79 Å². The van der Waals surface area contributed by atoms with Crippen molar-refractivity contribution in [2.45, 2.75) is 13.2 Å². The number of hydrogen-bond donors (Lipinski definition) is 0. The molecule has 0 bridgehead atoms. The molecule has 4 rings (SSSR count). The summed E-state index contributed by atoms with van der Waals surface area (Å²) < 4.78 is 15.2. The average molecular weight is 429 g/mol. The summed E-state index contributed by atoms with van der Waals surface area (Å²) in [6.07, 6.45) is -0.765. The summed E-state index contributed by atoms with van der Waals surface area (Å²) in [6.45, 7) is 1.25. The predicted octanol–water partition coefficient (Wildman–Crippen LogP) is 5.71. The van der Waals surface area contributed by atoms with Gasteiger partial charge in [0, 0.05) is 30.9 Å². The third-order valence-corrected chi connectivity index (χ3v) is 5.09. The van der Waals surface area contributed by atoms with Crippen molar-refractivity contribution in [2.24, 2.45) is 0 Å². The van der Waals surface area contributed by atoms with E-state index in [-0.39, 0.29) is 0 Å². The van der Waals surface area contributed by atoms with Gasteiger partial charge in [-0.1, -0.05) is 30.3 Å². The van der Waals surface area contributed by atoms with Crippen LogP contribution in [0, 0.1) is 0 Å². The highest BCUT2D eigenvalue weighted by molar-refractivity contribution is 5.84. The summed E-state index contributed by atoms with van der Waals surface area (Å²) in [5.74, 6) is 0.876. The Labute approximate surface area is 187 Å². The van der Waals surface area contributed by atoms with Crippen LogP contribution in [-0.2, 0) is 13.2 Å². The van der Waals surface area contributed by atoms with Crippen LogP contribution in [0.2, 0.25) is 0 Å². The number of benzene rings is 4. The lowest BCUT2D eigenvalue weighted by Gasteiger charge is -2.12. The second-order valence-electron chi connectivity index (χ2n) is 7.71.